The topological polar surface area (TPSA) is 112 Å². The minimum absolute atomic E-state index is 0.00797. The van der Waals surface area contributed by atoms with E-state index >= 15 is 0 Å². The Hall–Kier alpha value is -3.09. The van der Waals surface area contributed by atoms with Gasteiger partial charge in [0, 0.05) is 57.1 Å². The summed E-state index contributed by atoms with van der Waals surface area (Å²) in [5.41, 5.74) is 1.33. The van der Waals surface area contributed by atoms with Crippen molar-refractivity contribution < 1.29 is 32.6 Å². The maximum Gasteiger partial charge on any atom is 0.251 e. The van der Waals surface area contributed by atoms with Crippen molar-refractivity contribution in [3.05, 3.63) is 41.5 Å². The number of amides is 3. The maximum atomic E-state index is 14.4. The van der Waals surface area contributed by atoms with E-state index in [9.17, 15) is 23.2 Å². The number of ether oxygens (including phenoxy) is 2. The third-order valence-corrected chi connectivity index (χ3v) is 9.12. The summed E-state index contributed by atoms with van der Waals surface area (Å²) in [4.78, 5) is 45.2. The number of piperazine rings is 1. The number of rotatable bonds is 9. The van der Waals surface area contributed by atoms with Crippen molar-refractivity contribution in [1.29, 1.82) is 0 Å². The van der Waals surface area contributed by atoms with E-state index in [1.54, 1.807) is 18.9 Å². The lowest BCUT2D eigenvalue weighted by Crippen LogP contribution is -2.66. The largest absolute Gasteiger partial charge is 0.493 e. The predicted molar refractivity (Wildman–Crippen MR) is 156 cm³/mol. The van der Waals surface area contributed by atoms with Gasteiger partial charge in [0.05, 0.1) is 24.8 Å². The number of nitrogens with one attached hydrogen (secondary N) is 3. The van der Waals surface area contributed by atoms with Crippen LogP contribution < -0.4 is 20.7 Å². The van der Waals surface area contributed by atoms with Gasteiger partial charge in [-0.1, -0.05) is 24.3 Å². The second-order valence-corrected chi connectivity index (χ2v) is 12.0. The van der Waals surface area contributed by atoms with E-state index in [1.165, 1.54) is 6.08 Å². The van der Waals surface area contributed by atoms with Crippen LogP contribution in [-0.4, -0.2) is 104 Å². The molecule has 5 rings (SSSR count). The lowest BCUT2D eigenvalue weighted by molar-refractivity contribution is -0.147. The normalized spacial score (nSPS) is 28.0. The number of likely N-dealkylation sites (N-methyl/N-ethyl adjacent to an activating group) is 1. The number of para-hydroxylation sites is 1. The molecular weight excluding hydrogens is 560 g/mol. The molecule has 0 unspecified atom stereocenters. The van der Waals surface area contributed by atoms with Crippen LogP contribution in [0.15, 0.2) is 35.9 Å². The van der Waals surface area contributed by atoms with Gasteiger partial charge < -0.3 is 30.3 Å². The minimum atomic E-state index is -2.86. The highest BCUT2D eigenvalue weighted by Crippen LogP contribution is 2.36. The number of alkyl halides is 2. The summed E-state index contributed by atoms with van der Waals surface area (Å²) in [7, 11) is 1.63. The van der Waals surface area contributed by atoms with Crippen LogP contribution in [0.5, 0.6) is 5.75 Å². The van der Waals surface area contributed by atoms with Gasteiger partial charge in [0.2, 0.25) is 17.7 Å². The first kappa shape index (κ1) is 31.3. The Kier molecular flexibility index (Phi) is 9.67. The van der Waals surface area contributed by atoms with E-state index in [2.05, 4.69) is 20.9 Å². The van der Waals surface area contributed by atoms with Crippen LogP contribution in [0.1, 0.15) is 57.6 Å². The van der Waals surface area contributed by atoms with E-state index in [4.69, 9.17) is 9.47 Å². The molecule has 236 valence electrons. The summed E-state index contributed by atoms with van der Waals surface area (Å²) >= 11 is 0. The first-order valence-corrected chi connectivity index (χ1v) is 15.3. The number of carbonyl (C=O) groups excluding carboxylic acids is 3. The summed E-state index contributed by atoms with van der Waals surface area (Å²) in [5, 5.41) is 8.83. The first-order chi connectivity index (χ1) is 20.6. The summed E-state index contributed by atoms with van der Waals surface area (Å²) in [5.74, 6) is -3.32. The summed E-state index contributed by atoms with van der Waals surface area (Å²) in [6.07, 6.45) is 1.74. The Labute approximate surface area is 251 Å². The average molecular weight is 604 g/mol. The molecule has 0 saturated carbocycles. The number of hydrogen-bond acceptors (Lipinski definition) is 7. The van der Waals surface area contributed by atoms with Crippen LogP contribution in [0.3, 0.4) is 0 Å². The number of nitrogens with zero attached hydrogens (tertiary/aromatic N) is 2. The van der Waals surface area contributed by atoms with Gasteiger partial charge in [-0.2, -0.15) is 0 Å². The standard InChI is InChI=1S/C31H43F2N5O5/c1-4-42-22-15-21-16-38(30(41)27(36-28(39)19(2)34-3)20-9-12-31(32,33)13-10-20)25(18-37(21)17-22)29(40)35-24-11-14-43-26-8-6-5-7-23(24)26/h5-9,19,21-22,24-25,27,34H,4,10-18H2,1-3H3,(H,35,40)(H,36,39)/t19-,21+,22+,24+,25-,27-/m0/s1. The molecule has 3 N–H and O–H groups in total. The van der Waals surface area contributed by atoms with Crippen LogP contribution in [0, 0.1) is 0 Å². The highest BCUT2D eigenvalue weighted by Gasteiger charge is 2.47. The van der Waals surface area contributed by atoms with Crippen LogP contribution in [0.2, 0.25) is 0 Å². The van der Waals surface area contributed by atoms with Crippen molar-refractivity contribution in [2.45, 2.75) is 88.2 Å². The van der Waals surface area contributed by atoms with E-state index in [1.807, 2.05) is 31.2 Å². The average Bonchev–Trinajstić information content (AvgIpc) is 3.40. The minimum Gasteiger partial charge on any atom is -0.493 e. The van der Waals surface area contributed by atoms with E-state index in [0.29, 0.717) is 44.7 Å². The molecule has 6 atom stereocenters. The monoisotopic (exact) mass is 603 g/mol. The van der Waals surface area contributed by atoms with Crippen LogP contribution in [0.4, 0.5) is 8.78 Å². The molecule has 1 aromatic carbocycles. The van der Waals surface area contributed by atoms with Crippen molar-refractivity contribution in [2.75, 3.05) is 39.9 Å². The molecule has 10 nitrogen and oxygen atoms in total. The van der Waals surface area contributed by atoms with E-state index in [0.717, 1.165) is 11.3 Å². The van der Waals surface area contributed by atoms with Gasteiger partial charge in [-0.3, -0.25) is 19.3 Å². The number of benzene rings is 1. The van der Waals surface area contributed by atoms with Crippen molar-refractivity contribution in [1.82, 2.24) is 25.8 Å². The number of hydrogen-bond donors (Lipinski definition) is 3. The zero-order valence-corrected chi connectivity index (χ0v) is 25.1. The number of carbonyl (C=O) groups is 3. The maximum absolute atomic E-state index is 14.4. The molecule has 3 aliphatic heterocycles. The van der Waals surface area contributed by atoms with Crippen molar-refractivity contribution >= 4 is 17.7 Å². The smallest absolute Gasteiger partial charge is 0.251 e. The third-order valence-electron chi connectivity index (χ3n) is 9.12. The summed E-state index contributed by atoms with van der Waals surface area (Å²) in [6, 6.07) is 4.67. The molecule has 1 aliphatic carbocycles. The molecule has 2 saturated heterocycles. The van der Waals surface area contributed by atoms with Crippen LogP contribution in [-0.2, 0) is 19.1 Å². The highest BCUT2D eigenvalue weighted by atomic mass is 19.3. The van der Waals surface area contributed by atoms with Crippen LogP contribution >= 0.6 is 0 Å². The summed E-state index contributed by atoms with van der Waals surface area (Å²) < 4.78 is 39.8. The second-order valence-electron chi connectivity index (χ2n) is 12.0. The molecule has 43 heavy (non-hydrogen) atoms. The quantitative estimate of drug-likeness (QED) is 0.371. The fraction of sp³-hybridized carbons (Fsp3) is 0.645. The zero-order chi connectivity index (χ0) is 30.7. The van der Waals surface area contributed by atoms with Gasteiger partial charge >= 0.3 is 0 Å². The number of allylic oxidation sites excluding steroid dienone is 1. The van der Waals surface area contributed by atoms with E-state index < -0.39 is 48.7 Å². The lowest BCUT2D eigenvalue weighted by atomic mass is 9.90. The lowest BCUT2D eigenvalue weighted by Gasteiger charge is -2.44. The molecule has 2 fully saturated rings. The van der Waals surface area contributed by atoms with Crippen molar-refractivity contribution in [3.8, 4) is 5.75 Å². The van der Waals surface area contributed by atoms with E-state index in [-0.39, 0.29) is 37.1 Å². The van der Waals surface area contributed by atoms with Crippen LogP contribution in [0.25, 0.3) is 0 Å². The van der Waals surface area contributed by atoms with Gasteiger partial charge in [-0.25, -0.2) is 8.78 Å². The number of halogens is 2. The molecular formula is C31H43F2N5O5. The molecule has 0 radical (unpaired) electrons. The Balaban J connectivity index is 1.43. The first-order valence-electron chi connectivity index (χ1n) is 15.3. The molecule has 1 aromatic rings. The fourth-order valence-corrected chi connectivity index (χ4v) is 6.56. The Morgan fingerprint density at radius 2 is 1.98 bits per heavy atom. The SMILES string of the molecule is CCO[C@@H]1C[C@@H]2CN(C(=O)[C@@H](NC(=O)[C@H](C)NC)C3=CCC(F)(F)CC3)[C@H](C(=O)N[C@@H]3CCOc4ccccc43)CN2C1. The van der Waals surface area contributed by atoms with Crippen molar-refractivity contribution in [3.63, 3.8) is 0 Å². The second kappa shape index (κ2) is 13.3. The van der Waals surface area contributed by atoms with Gasteiger partial charge in [-0.15, -0.1) is 0 Å². The fourth-order valence-electron chi connectivity index (χ4n) is 6.56. The van der Waals surface area contributed by atoms with Gasteiger partial charge in [-0.05, 0) is 45.4 Å². The van der Waals surface area contributed by atoms with Gasteiger partial charge in [0.1, 0.15) is 17.8 Å². The van der Waals surface area contributed by atoms with Crippen molar-refractivity contribution in [2.24, 2.45) is 0 Å². The Bertz CT molecular complexity index is 1230. The Morgan fingerprint density at radius 3 is 2.70 bits per heavy atom. The highest BCUT2D eigenvalue weighted by molar-refractivity contribution is 5.95. The van der Waals surface area contributed by atoms with Gasteiger partial charge in [0.15, 0.2) is 0 Å². The molecule has 0 aromatic heterocycles. The number of fused-ring (bicyclic) bond motifs is 2. The predicted octanol–water partition coefficient (Wildman–Crippen LogP) is 2.15. The molecule has 3 heterocycles. The third kappa shape index (κ3) is 7.02. The summed E-state index contributed by atoms with van der Waals surface area (Å²) in [6.45, 7) is 5.85. The molecule has 0 bridgehead atoms. The zero-order valence-electron chi connectivity index (χ0n) is 25.1. The van der Waals surface area contributed by atoms with Gasteiger partial charge in [0.25, 0.3) is 5.92 Å². The Morgan fingerprint density at radius 1 is 1.19 bits per heavy atom. The molecule has 3 amide bonds. The molecule has 12 heteroatoms. The molecule has 4 aliphatic rings. The molecule has 0 spiro atoms.